The van der Waals surface area contributed by atoms with E-state index in [9.17, 15) is 4.79 Å². The Hall–Kier alpha value is -2.88. The summed E-state index contributed by atoms with van der Waals surface area (Å²) in [6, 6.07) is 15.6. The van der Waals surface area contributed by atoms with Crippen LogP contribution in [0.25, 0.3) is 11.3 Å². The second-order valence-electron chi connectivity index (χ2n) is 5.82. The average molecular weight is 320 g/mol. The number of pyridine rings is 1. The average Bonchev–Trinajstić information content (AvgIpc) is 2.91. The molecule has 0 radical (unpaired) electrons. The SMILES string of the molecule is Cc1cc(CNC(=O)c2ccc(-c3ccccc3)nc2C)c(C)o1. The summed E-state index contributed by atoms with van der Waals surface area (Å²) in [5.41, 5.74) is 4.21. The van der Waals surface area contributed by atoms with Crippen molar-refractivity contribution in [3.63, 3.8) is 0 Å². The van der Waals surface area contributed by atoms with Crippen LogP contribution in [-0.4, -0.2) is 10.9 Å². The van der Waals surface area contributed by atoms with Crippen LogP contribution in [0.2, 0.25) is 0 Å². The first-order valence-corrected chi connectivity index (χ1v) is 7.92. The minimum absolute atomic E-state index is 0.127. The van der Waals surface area contributed by atoms with Gasteiger partial charge < -0.3 is 9.73 Å². The highest BCUT2D eigenvalue weighted by Crippen LogP contribution is 2.19. The first-order valence-electron chi connectivity index (χ1n) is 7.92. The molecule has 0 fully saturated rings. The number of aromatic nitrogens is 1. The van der Waals surface area contributed by atoms with Crippen LogP contribution in [0.5, 0.6) is 0 Å². The van der Waals surface area contributed by atoms with Crippen molar-refractivity contribution in [1.29, 1.82) is 0 Å². The Morgan fingerprint density at radius 2 is 1.83 bits per heavy atom. The molecule has 0 bridgehead atoms. The van der Waals surface area contributed by atoms with Crippen LogP contribution in [0, 0.1) is 20.8 Å². The highest BCUT2D eigenvalue weighted by atomic mass is 16.3. The third-order valence-electron chi connectivity index (χ3n) is 3.98. The maximum Gasteiger partial charge on any atom is 0.253 e. The Kier molecular flexibility index (Phi) is 4.47. The number of hydrogen-bond donors (Lipinski definition) is 1. The number of rotatable bonds is 4. The van der Waals surface area contributed by atoms with E-state index >= 15 is 0 Å². The van der Waals surface area contributed by atoms with Crippen molar-refractivity contribution in [3.8, 4) is 11.3 Å². The predicted molar refractivity (Wildman–Crippen MR) is 93.8 cm³/mol. The van der Waals surface area contributed by atoms with E-state index in [2.05, 4.69) is 10.3 Å². The van der Waals surface area contributed by atoms with Crippen molar-refractivity contribution in [1.82, 2.24) is 10.3 Å². The molecule has 122 valence electrons. The molecule has 4 heteroatoms. The summed E-state index contributed by atoms with van der Waals surface area (Å²) in [5.74, 6) is 1.56. The van der Waals surface area contributed by atoms with Crippen molar-refractivity contribution in [2.24, 2.45) is 0 Å². The number of carbonyl (C=O) groups excluding carboxylic acids is 1. The molecule has 0 saturated heterocycles. The third-order valence-corrected chi connectivity index (χ3v) is 3.98. The topological polar surface area (TPSA) is 55.1 Å². The smallest absolute Gasteiger partial charge is 0.253 e. The van der Waals surface area contributed by atoms with Gasteiger partial charge in [0.1, 0.15) is 11.5 Å². The van der Waals surface area contributed by atoms with Gasteiger partial charge in [0.25, 0.3) is 5.91 Å². The number of carbonyl (C=O) groups is 1. The van der Waals surface area contributed by atoms with E-state index in [0.717, 1.165) is 28.3 Å². The maximum absolute atomic E-state index is 12.4. The molecule has 2 heterocycles. The predicted octanol–water partition coefficient (Wildman–Crippen LogP) is 4.20. The third kappa shape index (κ3) is 3.38. The first kappa shape index (κ1) is 16.0. The largest absolute Gasteiger partial charge is 0.466 e. The van der Waals surface area contributed by atoms with Crippen LogP contribution in [0.15, 0.2) is 52.9 Å². The highest BCUT2D eigenvalue weighted by molar-refractivity contribution is 5.95. The fourth-order valence-electron chi connectivity index (χ4n) is 2.70. The lowest BCUT2D eigenvalue weighted by Crippen LogP contribution is -2.24. The molecule has 0 aliphatic rings. The van der Waals surface area contributed by atoms with Gasteiger partial charge in [-0.15, -0.1) is 0 Å². The maximum atomic E-state index is 12.4. The number of furan rings is 1. The van der Waals surface area contributed by atoms with E-state index in [1.165, 1.54) is 0 Å². The van der Waals surface area contributed by atoms with E-state index in [4.69, 9.17) is 4.42 Å². The Morgan fingerprint density at radius 3 is 2.46 bits per heavy atom. The normalized spacial score (nSPS) is 10.6. The van der Waals surface area contributed by atoms with Gasteiger partial charge in [-0.3, -0.25) is 9.78 Å². The van der Waals surface area contributed by atoms with E-state index in [0.29, 0.717) is 17.8 Å². The molecule has 0 spiro atoms. The minimum Gasteiger partial charge on any atom is -0.466 e. The molecule has 0 unspecified atom stereocenters. The molecule has 0 atom stereocenters. The van der Waals surface area contributed by atoms with Gasteiger partial charge >= 0.3 is 0 Å². The fraction of sp³-hybridized carbons (Fsp3) is 0.200. The first-order chi connectivity index (χ1) is 11.5. The molecular weight excluding hydrogens is 300 g/mol. The standard InChI is InChI=1S/C20H20N2O2/c1-13-11-17(15(3)24-13)12-21-20(23)18-9-10-19(22-14(18)2)16-7-5-4-6-8-16/h4-11H,12H2,1-3H3,(H,21,23). The van der Waals surface area contributed by atoms with E-state index in [1.807, 2.05) is 69.3 Å². The van der Waals surface area contributed by atoms with E-state index in [-0.39, 0.29) is 5.91 Å². The van der Waals surface area contributed by atoms with Gasteiger partial charge in [0, 0.05) is 17.7 Å². The zero-order valence-corrected chi connectivity index (χ0v) is 14.1. The summed E-state index contributed by atoms with van der Waals surface area (Å²) in [6.07, 6.45) is 0. The number of benzene rings is 1. The van der Waals surface area contributed by atoms with Gasteiger partial charge in [-0.25, -0.2) is 0 Å². The summed E-state index contributed by atoms with van der Waals surface area (Å²) < 4.78 is 5.48. The zero-order chi connectivity index (χ0) is 17.1. The molecule has 0 aliphatic heterocycles. The molecule has 1 aromatic carbocycles. The minimum atomic E-state index is -0.127. The van der Waals surface area contributed by atoms with Gasteiger partial charge in [0.15, 0.2) is 0 Å². The zero-order valence-electron chi connectivity index (χ0n) is 14.1. The lowest BCUT2D eigenvalue weighted by molar-refractivity contribution is 0.0950. The summed E-state index contributed by atoms with van der Waals surface area (Å²) in [7, 11) is 0. The Balaban J connectivity index is 1.74. The summed E-state index contributed by atoms with van der Waals surface area (Å²) in [5, 5.41) is 2.93. The van der Waals surface area contributed by atoms with Crippen molar-refractivity contribution < 1.29 is 9.21 Å². The van der Waals surface area contributed by atoms with Crippen LogP contribution in [0.3, 0.4) is 0 Å². The molecule has 1 amide bonds. The van der Waals surface area contributed by atoms with Gasteiger partial charge in [0.2, 0.25) is 0 Å². The van der Waals surface area contributed by atoms with Gasteiger partial charge in [-0.1, -0.05) is 30.3 Å². The second kappa shape index (κ2) is 6.71. The van der Waals surface area contributed by atoms with Crippen LogP contribution >= 0.6 is 0 Å². The van der Waals surface area contributed by atoms with Crippen molar-refractivity contribution in [2.75, 3.05) is 0 Å². The van der Waals surface area contributed by atoms with E-state index < -0.39 is 0 Å². The van der Waals surface area contributed by atoms with Crippen molar-refractivity contribution in [2.45, 2.75) is 27.3 Å². The molecule has 4 nitrogen and oxygen atoms in total. The number of amides is 1. The molecule has 24 heavy (non-hydrogen) atoms. The highest BCUT2D eigenvalue weighted by Gasteiger charge is 2.12. The lowest BCUT2D eigenvalue weighted by atomic mass is 10.1. The van der Waals surface area contributed by atoms with Crippen molar-refractivity contribution >= 4 is 5.91 Å². The number of nitrogens with zero attached hydrogens (tertiary/aromatic N) is 1. The van der Waals surface area contributed by atoms with Crippen LogP contribution in [0.1, 0.15) is 33.1 Å². The molecule has 1 N–H and O–H groups in total. The van der Waals surface area contributed by atoms with Crippen LogP contribution < -0.4 is 5.32 Å². The van der Waals surface area contributed by atoms with E-state index in [1.54, 1.807) is 0 Å². The summed E-state index contributed by atoms with van der Waals surface area (Å²) in [6.45, 7) is 6.10. The Morgan fingerprint density at radius 1 is 1.08 bits per heavy atom. The van der Waals surface area contributed by atoms with Crippen LogP contribution in [0.4, 0.5) is 0 Å². The Bertz CT molecular complexity index is 867. The molecular formula is C20H20N2O2. The molecule has 3 rings (SSSR count). The lowest BCUT2D eigenvalue weighted by Gasteiger charge is -2.09. The molecule has 0 saturated carbocycles. The molecule has 3 aromatic rings. The summed E-state index contributed by atoms with van der Waals surface area (Å²) >= 11 is 0. The number of aryl methyl sites for hydroxylation is 3. The van der Waals surface area contributed by atoms with Crippen molar-refractivity contribution in [3.05, 3.63) is 76.9 Å². The van der Waals surface area contributed by atoms with Crippen LogP contribution in [-0.2, 0) is 6.54 Å². The molecule has 2 aromatic heterocycles. The Labute approximate surface area is 141 Å². The quantitative estimate of drug-likeness (QED) is 0.784. The second-order valence-corrected chi connectivity index (χ2v) is 5.82. The monoisotopic (exact) mass is 320 g/mol. The van der Waals surface area contributed by atoms with Gasteiger partial charge in [-0.05, 0) is 39.0 Å². The summed E-state index contributed by atoms with van der Waals surface area (Å²) in [4.78, 5) is 17.0. The number of hydrogen-bond acceptors (Lipinski definition) is 3. The number of nitrogens with one attached hydrogen (secondary N) is 1. The fourth-order valence-corrected chi connectivity index (χ4v) is 2.70. The van der Waals surface area contributed by atoms with Gasteiger partial charge in [0.05, 0.1) is 17.0 Å². The molecule has 0 aliphatic carbocycles. The van der Waals surface area contributed by atoms with Gasteiger partial charge in [-0.2, -0.15) is 0 Å².